The standard InChI is InChI=1S/C14H12N4O2/c1-9(11-6-2-3-8-15-11)18-12-7-4-5-10(14(19)20)13(12)16-17-18/h2-9H,1H3,(H,19,20). The molecule has 2 aromatic heterocycles. The smallest absolute Gasteiger partial charge is 0.338 e. The van der Waals surface area contributed by atoms with Crippen molar-refractivity contribution >= 4 is 17.0 Å². The summed E-state index contributed by atoms with van der Waals surface area (Å²) < 4.78 is 1.68. The Kier molecular flexibility index (Phi) is 2.90. The molecule has 1 unspecified atom stereocenters. The van der Waals surface area contributed by atoms with Crippen molar-refractivity contribution in [3.05, 3.63) is 53.9 Å². The zero-order valence-electron chi connectivity index (χ0n) is 10.8. The van der Waals surface area contributed by atoms with E-state index in [1.54, 1.807) is 23.0 Å². The molecule has 0 spiro atoms. The summed E-state index contributed by atoms with van der Waals surface area (Å²) in [5, 5.41) is 17.2. The molecule has 0 saturated heterocycles. The van der Waals surface area contributed by atoms with E-state index in [0.29, 0.717) is 11.0 Å². The SMILES string of the molecule is CC(c1ccccn1)n1nnc2c(C(=O)O)cccc21. The maximum atomic E-state index is 11.2. The van der Waals surface area contributed by atoms with Crippen molar-refractivity contribution in [2.75, 3.05) is 0 Å². The van der Waals surface area contributed by atoms with E-state index in [4.69, 9.17) is 5.11 Å². The van der Waals surface area contributed by atoms with E-state index < -0.39 is 5.97 Å². The Hall–Kier alpha value is -2.76. The minimum absolute atomic E-state index is 0.120. The van der Waals surface area contributed by atoms with E-state index in [1.165, 1.54) is 6.07 Å². The van der Waals surface area contributed by atoms with Crippen LogP contribution in [0.15, 0.2) is 42.6 Å². The van der Waals surface area contributed by atoms with Gasteiger partial charge in [-0.15, -0.1) is 5.10 Å². The van der Waals surface area contributed by atoms with Crippen LogP contribution in [-0.4, -0.2) is 31.1 Å². The number of benzene rings is 1. The highest BCUT2D eigenvalue weighted by Gasteiger charge is 2.17. The number of carboxylic acids is 1. The summed E-state index contributed by atoms with van der Waals surface area (Å²) in [4.78, 5) is 15.5. The summed E-state index contributed by atoms with van der Waals surface area (Å²) >= 11 is 0. The highest BCUT2D eigenvalue weighted by molar-refractivity contribution is 6.00. The molecule has 6 heteroatoms. The molecule has 0 radical (unpaired) electrons. The molecule has 3 aromatic rings. The number of carbonyl (C=O) groups is 1. The Morgan fingerprint density at radius 1 is 1.25 bits per heavy atom. The first kappa shape index (κ1) is 12.3. The fourth-order valence-electron chi connectivity index (χ4n) is 2.17. The minimum atomic E-state index is -1.01. The van der Waals surface area contributed by atoms with Crippen molar-refractivity contribution in [1.82, 2.24) is 20.0 Å². The van der Waals surface area contributed by atoms with E-state index in [0.717, 1.165) is 5.69 Å². The molecule has 0 amide bonds. The third-order valence-electron chi connectivity index (χ3n) is 3.22. The number of hydrogen-bond acceptors (Lipinski definition) is 4. The van der Waals surface area contributed by atoms with Crippen molar-refractivity contribution < 1.29 is 9.90 Å². The van der Waals surface area contributed by atoms with E-state index >= 15 is 0 Å². The maximum Gasteiger partial charge on any atom is 0.338 e. The first-order valence-corrected chi connectivity index (χ1v) is 6.16. The molecule has 6 nitrogen and oxygen atoms in total. The molecule has 20 heavy (non-hydrogen) atoms. The van der Waals surface area contributed by atoms with Crippen LogP contribution in [0.2, 0.25) is 0 Å². The predicted molar refractivity (Wildman–Crippen MR) is 72.5 cm³/mol. The van der Waals surface area contributed by atoms with Gasteiger partial charge in [-0.1, -0.05) is 17.3 Å². The van der Waals surface area contributed by atoms with Gasteiger partial charge in [-0.05, 0) is 31.2 Å². The molecule has 1 N–H and O–H groups in total. The second kappa shape index (κ2) is 4.73. The predicted octanol–water partition coefficient (Wildman–Crippen LogP) is 2.13. The molecule has 100 valence electrons. The lowest BCUT2D eigenvalue weighted by atomic mass is 10.1. The average molecular weight is 268 g/mol. The number of pyridine rings is 1. The van der Waals surface area contributed by atoms with Gasteiger partial charge in [0.25, 0.3) is 0 Å². The fourth-order valence-corrected chi connectivity index (χ4v) is 2.17. The molecule has 1 aromatic carbocycles. The second-order valence-electron chi connectivity index (χ2n) is 4.44. The Bertz CT molecular complexity index is 767. The van der Waals surface area contributed by atoms with Gasteiger partial charge in [-0.2, -0.15) is 0 Å². The minimum Gasteiger partial charge on any atom is -0.478 e. The first-order chi connectivity index (χ1) is 9.68. The van der Waals surface area contributed by atoms with Crippen LogP contribution in [0, 0.1) is 0 Å². The van der Waals surface area contributed by atoms with Gasteiger partial charge in [0.05, 0.1) is 22.8 Å². The highest BCUT2D eigenvalue weighted by atomic mass is 16.4. The van der Waals surface area contributed by atoms with Crippen molar-refractivity contribution in [3.63, 3.8) is 0 Å². The van der Waals surface area contributed by atoms with Crippen LogP contribution in [0.3, 0.4) is 0 Å². The van der Waals surface area contributed by atoms with Crippen LogP contribution < -0.4 is 0 Å². The number of fused-ring (bicyclic) bond motifs is 1. The topological polar surface area (TPSA) is 80.9 Å². The van der Waals surface area contributed by atoms with Gasteiger partial charge in [0.15, 0.2) is 0 Å². The van der Waals surface area contributed by atoms with Gasteiger partial charge in [0.2, 0.25) is 0 Å². The van der Waals surface area contributed by atoms with Gasteiger partial charge in [-0.25, -0.2) is 9.48 Å². The van der Waals surface area contributed by atoms with Crippen molar-refractivity contribution in [2.24, 2.45) is 0 Å². The molecule has 0 fully saturated rings. The molecular formula is C14H12N4O2. The summed E-state index contributed by atoms with van der Waals surface area (Å²) in [6.07, 6.45) is 1.72. The average Bonchev–Trinajstić information content (AvgIpc) is 2.91. The highest BCUT2D eigenvalue weighted by Crippen LogP contribution is 2.22. The number of aromatic carboxylic acids is 1. The van der Waals surface area contributed by atoms with Gasteiger partial charge < -0.3 is 5.11 Å². The molecule has 0 bridgehead atoms. The summed E-state index contributed by atoms with van der Waals surface area (Å²) in [6, 6.07) is 10.6. The largest absolute Gasteiger partial charge is 0.478 e. The quantitative estimate of drug-likeness (QED) is 0.787. The van der Waals surface area contributed by atoms with Crippen molar-refractivity contribution in [2.45, 2.75) is 13.0 Å². The van der Waals surface area contributed by atoms with E-state index in [1.807, 2.05) is 25.1 Å². The van der Waals surface area contributed by atoms with Crippen molar-refractivity contribution in [3.8, 4) is 0 Å². The summed E-state index contributed by atoms with van der Waals surface area (Å²) in [7, 11) is 0. The maximum absolute atomic E-state index is 11.2. The number of rotatable bonds is 3. The van der Waals surface area contributed by atoms with E-state index in [-0.39, 0.29) is 11.6 Å². The third-order valence-corrected chi connectivity index (χ3v) is 3.22. The lowest BCUT2D eigenvalue weighted by Gasteiger charge is -2.11. The lowest BCUT2D eigenvalue weighted by Crippen LogP contribution is -2.10. The lowest BCUT2D eigenvalue weighted by molar-refractivity contribution is 0.0699. The molecule has 0 aliphatic rings. The normalized spacial score (nSPS) is 12.4. The molecular weight excluding hydrogens is 256 g/mol. The summed E-state index contributed by atoms with van der Waals surface area (Å²) in [5.74, 6) is -1.01. The first-order valence-electron chi connectivity index (χ1n) is 6.16. The molecule has 0 saturated carbocycles. The van der Waals surface area contributed by atoms with E-state index in [2.05, 4.69) is 15.3 Å². The van der Waals surface area contributed by atoms with E-state index in [9.17, 15) is 4.79 Å². The fraction of sp³-hybridized carbons (Fsp3) is 0.143. The molecule has 2 heterocycles. The molecule has 1 atom stereocenters. The van der Waals surface area contributed by atoms with Gasteiger partial charge in [-0.3, -0.25) is 4.98 Å². The zero-order chi connectivity index (χ0) is 14.1. The molecule has 0 aliphatic carbocycles. The number of carboxylic acid groups (broad SMARTS) is 1. The van der Waals surface area contributed by atoms with Crippen LogP contribution in [0.5, 0.6) is 0 Å². The Morgan fingerprint density at radius 3 is 2.80 bits per heavy atom. The molecule has 3 rings (SSSR count). The summed E-state index contributed by atoms with van der Waals surface area (Å²) in [6.45, 7) is 1.95. The molecule has 0 aliphatic heterocycles. The van der Waals surface area contributed by atoms with Crippen LogP contribution in [0.4, 0.5) is 0 Å². The number of nitrogens with zero attached hydrogens (tertiary/aromatic N) is 4. The Morgan fingerprint density at radius 2 is 2.10 bits per heavy atom. The zero-order valence-corrected chi connectivity index (χ0v) is 10.8. The van der Waals surface area contributed by atoms with Gasteiger partial charge >= 0.3 is 5.97 Å². The van der Waals surface area contributed by atoms with Crippen LogP contribution in [-0.2, 0) is 0 Å². The number of hydrogen-bond donors (Lipinski definition) is 1. The second-order valence-corrected chi connectivity index (χ2v) is 4.44. The Labute approximate surface area is 114 Å². The monoisotopic (exact) mass is 268 g/mol. The van der Waals surface area contributed by atoms with Crippen LogP contribution >= 0.6 is 0 Å². The third kappa shape index (κ3) is 1.91. The summed E-state index contributed by atoms with van der Waals surface area (Å²) in [5.41, 5.74) is 2.08. The van der Waals surface area contributed by atoms with Crippen molar-refractivity contribution in [1.29, 1.82) is 0 Å². The van der Waals surface area contributed by atoms with Crippen LogP contribution in [0.1, 0.15) is 29.0 Å². The number of aromatic nitrogens is 4. The van der Waals surface area contributed by atoms with Gasteiger partial charge in [0.1, 0.15) is 5.52 Å². The van der Waals surface area contributed by atoms with Crippen LogP contribution in [0.25, 0.3) is 11.0 Å². The Balaban J connectivity index is 2.14. The van der Waals surface area contributed by atoms with Gasteiger partial charge in [0, 0.05) is 6.20 Å².